The fraction of sp³-hybridized carbons (Fsp3) is 0.833. The van der Waals surface area contributed by atoms with Crippen LogP contribution >= 0.6 is 0 Å². The summed E-state index contributed by atoms with van der Waals surface area (Å²) < 4.78 is 0. The molecule has 0 saturated heterocycles. The van der Waals surface area contributed by atoms with Crippen LogP contribution in [0.2, 0.25) is 0 Å². The maximum Gasteiger partial charge on any atom is 0.00952 e. The first-order chi connectivity index (χ1) is 6.38. The number of hydrogen-bond donors (Lipinski definition) is 1. The minimum absolute atomic E-state index is 0.735. The topological polar surface area (TPSA) is 12.0 Å². The van der Waals surface area contributed by atoms with Crippen molar-refractivity contribution < 1.29 is 0 Å². The van der Waals surface area contributed by atoms with Gasteiger partial charge in [0, 0.05) is 6.04 Å². The van der Waals surface area contributed by atoms with Gasteiger partial charge in [0.2, 0.25) is 0 Å². The fourth-order valence-electron chi connectivity index (χ4n) is 2.45. The molecule has 0 spiro atoms. The van der Waals surface area contributed by atoms with Crippen LogP contribution in [-0.2, 0) is 0 Å². The third-order valence-corrected chi connectivity index (χ3v) is 3.27. The molecule has 1 fully saturated rings. The summed E-state index contributed by atoms with van der Waals surface area (Å²) in [6, 6.07) is 0.735. The molecule has 0 bridgehead atoms. The van der Waals surface area contributed by atoms with Crippen LogP contribution in [0.3, 0.4) is 0 Å². The molecule has 0 aromatic rings. The third kappa shape index (κ3) is 3.51. The molecule has 0 heterocycles. The van der Waals surface area contributed by atoms with Gasteiger partial charge in [-0.05, 0) is 38.6 Å². The van der Waals surface area contributed by atoms with Crippen LogP contribution in [-0.4, -0.2) is 13.1 Å². The monoisotopic (exact) mass is 181 g/mol. The van der Waals surface area contributed by atoms with E-state index in [1.807, 2.05) is 6.08 Å². The predicted molar refractivity (Wildman–Crippen MR) is 58.9 cm³/mol. The van der Waals surface area contributed by atoms with E-state index in [2.05, 4.69) is 18.9 Å². The molecule has 1 rings (SSSR count). The normalized spacial score (nSPS) is 21.3. The third-order valence-electron chi connectivity index (χ3n) is 3.27. The Labute approximate surface area is 82.6 Å². The molecule has 0 aliphatic heterocycles. The highest BCUT2D eigenvalue weighted by atomic mass is 14.9. The largest absolute Gasteiger partial charge is 0.317 e. The van der Waals surface area contributed by atoms with Gasteiger partial charge in [-0.1, -0.05) is 25.3 Å². The van der Waals surface area contributed by atoms with Crippen molar-refractivity contribution in [2.75, 3.05) is 7.05 Å². The molecule has 1 aliphatic rings. The molecule has 76 valence electrons. The van der Waals surface area contributed by atoms with Crippen LogP contribution < -0.4 is 5.32 Å². The van der Waals surface area contributed by atoms with Gasteiger partial charge in [-0.15, -0.1) is 6.58 Å². The fourth-order valence-corrected chi connectivity index (χ4v) is 2.45. The summed E-state index contributed by atoms with van der Waals surface area (Å²) in [5.41, 5.74) is 0. The van der Waals surface area contributed by atoms with Gasteiger partial charge in [-0.3, -0.25) is 0 Å². The Morgan fingerprint density at radius 3 is 2.62 bits per heavy atom. The summed E-state index contributed by atoms with van der Waals surface area (Å²) in [6.07, 6.45) is 11.7. The Morgan fingerprint density at radius 1 is 1.38 bits per heavy atom. The van der Waals surface area contributed by atoms with E-state index in [4.69, 9.17) is 0 Å². The Kier molecular flexibility index (Phi) is 5.14. The van der Waals surface area contributed by atoms with Crippen molar-refractivity contribution in [1.29, 1.82) is 0 Å². The van der Waals surface area contributed by atoms with Crippen molar-refractivity contribution in [3.05, 3.63) is 12.7 Å². The summed E-state index contributed by atoms with van der Waals surface area (Å²) >= 11 is 0. The molecule has 0 radical (unpaired) electrons. The van der Waals surface area contributed by atoms with Crippen molar-refractivity contribution in [3.63, 3.8) is 0 Å². The lowest BCUT2D eigenvalue weighted by Crippen LogP contribution is -2.34. The predicted octanol–water partition coefficient (Wildman–Crippen LogP) is 3.12. The second-order valence-corrected chi connectivity index (χ2v) is 4.16. The minimum Gasteiger partial charge on any atom is -0.317 e. The van der Waals surface area contributed by atoms with E-state index in [9.17, 15) is 0 Å². The van der Waals surface area contributed by atoms with E-state index >= 15 is 0 Å². The molecular weight excluding hydrogens is 158 g/mol. The summed E-state index contributed by atoms with van der Waals surface area (Å²) in [5, 5.41) is 3.46. The zero-order valence-corrected chi connectivity index (χ0v) is 8.89. The van der Waals surface area contributed by atoms with Gasteiger partial charge < -0.3 is 5.32 Å². The van der Waals surface area contributed by atoms with E-state index in [0.717, 1.165) is 18.4 Å². The van der Waals surface area contributed by atoms with Crippen molar-refractivity contribution in [2.45, 2.75) is 51.0 Å². The second kappa shape index (κ2) is 6.20. The highest BCUT2D eigenvalue weighted by Gasteiger charge is 2.21. The van der Waals surface area contributed by atoms with Crippen LogP contribution in [0.4, 0.5) is 0 Å². The van der Waals surface area contributed by atoms with E-state index in [1.54, 1.807) is 0 Å². The van der Waals surface area contributed by atoms with Gasteiger partial charge in [0.15, 0.2) is 0 Å². The lowest BCUT2D eigenvalue weighted by atomic mass is 9.82. The molecular formula is C12H23N. The van der Waals surface area contributed by atoms with E-state index in [1.165, 1.54) is 38.5 Å². The first-order valence-corrected chi connectivity index (χ1v) is 5.66. The van der Waals surface area contributed by atoms with Gasteiger partial charge in [0.25, 0.3) is 0 Å². The Balaban J connectivity index is 2.29. The van der Waals surface area contributed by atoms with Crippen LogP contribution in [0.15, 0.2) is 12.7 Å². The Hall–Kier alpha value is -0.300. The SMILES string of the molecule is C=CCCC(NC)C1CCCCC1. The van der Waals surface area contributed by atoms with Crippen LogP contribution in [0.5, 0.6) is 0 Å². The molecule has 0 amide bonds. The van der Waals surface area contributed by atoms with E-state index in [0.29, 0.717) is 0 Å². The highest BCUT2D eigenvalue weighted by molar-refractivity contribution is 4.80. The zero-order valence-electron chi connectivity index (χ0n) is 8.89. The molecule has 0 aromatic heterocycles. The first kappa shape index (κ1) is 10.8. The maximum atomic E-state index is 3.78. The number of nitrogens with one attached hydrogen (secondary N) is 1. The van der Waals surface area contributed by atoms with Gasteiger partial charge in [0.05, 0.1) is 0 Å². The molecule has 1 N–H and O–H groups in total. The lowest BCUT2D eigenvalue weighted by Gasteiger charge is -2.29. The Morgan fingerprint density at radius 2 is 2.08 bits per heavy atom. The van der Waals surface area contributed by atoms with Gasteiger partial charge in [-0.25, -0.2) is 0 Å². The van der Waals surface area contributed by atoms with Crippen LogP contribution in [0.25, 0.3) is 0 Å². The van der Waals surface area contributed by atoms with Crippen molar-refractivity contribution in [1.82, 2.24) is 5.32 Å². The standard InChI is InChI=1S/C12H23N/c1-3-4-10-12(13-2)11-8-6-5-7-9-11/h3,11-13H,1,4-10H2,2H3. The van der Waals surface area contributed by atoms with Crippen molar-refractivity contribution in [3.8, 4) is 0 Å². The summed E-state index contributed by atoms with van der Waals surface area (Å²) in [4.78, 5) is 0. The first-order valence-electron chi connectivity index (χ1n) is 5.66. The van der Waals surface area contributed by atoms with Gasteiger partial charge in [0.1, 0.15) is 0 Å². The molecule has 1 heteroatoms. The van der Waals surface area contributed by atoms with E-state index in [-0.39, 0.29) is 0 Å². The quantitative estimate of drug-likeness (QED) is 0.643. The molecule has 13 heavy (non-hydrogen) atoms. The zero-order chi connectivity index (χ0) is 9.52. The number of hydrogen-bond acceptors (Lipinski definition) is 1. The minimum atomic E-state index is 0.735. The second-order valence-electron chi connectivity index (χ2n) is 4.16. The highest BCUT2D eigenvalue weighted by Crippen LogP contribution is 2.28. The molecule has 1 saturated carbocycles. The molecule has 1 unspecified atom stereocenters. The van der Waals surface area contributed by atoms with Crippen LogP contribution in [0, 0.1) is 5.92 Å². The number of rotatable bonds is 5. The summed E-state index contributed by atoms with van der Waals surface area (Å²) in [5.74, 6) is 0.929. The maximum absolute atomic E-state index is 3.78. The average molecular weight is 181 g/mol. The average Bonchev–Trinajstić information content (AvgIpc) is 2.21. The molecule has 1 nitrogen and oxygen atoms in total. The number of allylic oxidation sites excluding steroid dienone is 1. The Bertz CT molecular complexity index is 136. The van der Waals surface area contributed by atoms with Crippen molar-refractivity contribution >= 4 is 0 Å². The van der Waals surface area contributed by atoms with E-state index < -0.39 is 0 Å². The van der Waals surface area contributed by atoms with Gasteiger partial charge in [-0.2, -0.15) is 0 Å². The molecule has 1 aliphatic carbocycles. The van der Waals surface area contributed by atoms with Crippen LogP contribution in [0.1, 0.15) is 44.9 Å². The lowest BCUT2D eigenvalue weighted by molar-refractivity contribution is 0.269. The van der Waals surface area contributed by atoms with Crippen molar-refractivity contribution in [2.24, 2.45) is 5.92 Å². The molecule has 0 aromatic carbocycles. The smallest absolute Gasteiger partial charge is 0.00952 e. The van der Waals surface area contributed by atoms with Gasteiger partial charge >= 0.3 is 0 Å². The summed E-state index contributed by atoms with van der Waals surface area (Å²) in [7, 11) is 2.10. The summed E-state index contributed by atoms with van der Waals surface area (Å²) in [6.45, 7) is 3.78. The molecule has 1 atom stereocenters.